The molecule has 1 fully saturated rings. The molecule has 28 heavy (non-hydrogen) atoms. The molecule has 0 radical (unpaired) electrons. The Labute approximate surface area is 160 Å². The van der Waals surface area contributed by atoms with Crippen molar-refractivity contribution in [3.63, 3.8) is 0 Å². The van der Waals surface area contributed by atoms with Crippen LogP contribution in [0.4, 0.5) is 15.0 Å². The van der Waals surface area contributed by atoms with E-state index in [1.54, 1.807) is 0 Å². The van der Waals surface area contributed by atoms with Crippen molar-refractivity contribution in [2.75, 3.05) is 11.9 Å². The van der Waals surface area contributed by atoms with Gasteiger partial charge in [-0.2, -0.15) is 4.98 Å². The van der Waals surface area contributed by atoms with Crippen molar-refractivity contribution < 1.29 is 33.3 Å². The zero-order valence-corrected chi connectivity index (χ0v) is 15.9. The van der Waals surface area contributed by atoms with E-state index in [0.717, 1.165) is 23.6 Å². The molecule has 0 unspecified atom stereocenters. The van der Waals surface area contributed by atoms with E-state index in [1.807, 2.05) is 6.92 Å². The van der Waals surface area contributed by atoms with Crippen LogP contribution < -0.4 is 11.0 Å². The number of aliphatic hydroxyl groups is 1. The van der Waals surface area contributed by atoms with Crippen LogP contribution in [0.25, 0.3) is 0 Å². The number of amides is 1. The molecular formula is C17H24FN3O7. The first-order valence-corrected chi connectivity index (χ1v) is 8.97. The molecule has 1 aromatic rings. The summed E-state index contributed by atoms with van der Waals surface area (Å²) in [5.41, 5.74) is -0.970. The average molecular weight is 401 g/mol. The van der Waals surface area contributed by atoms with Gasteiger partial charge in [0.05, 0.1) is 18.9 Å². The summed E-state index contributed by atoms with van der Waals surface area (Å²) >= 11 is 0. The van der Waals surface area contributed by atoms with Gasteiger partial charge in [0.1, 0.15) is 6.10 Å². The van der Waals surface area contributed by atoms with E-state index in [1.165, 1.54) is 13.8 Å². The molecule has 1 aliphatic heterocycles. The third-order valence-electron chi connectivity index (χ3n) is 4.13. The van der Waals surface area contributed by atoms with Gasteiger partial charge in [-0.1, -0.05) is 19.8 Å². The van der Waals surface area contributed by atoms with Gasteiger partial charge in [0.15, 0.2) is 24.0 Å². The number of aliphatic hydroxyl groups excluding tert-OH is 1. The highest BCUT2D eigenvalue weighted by Gasteiger charge is 2.45. The van der Waals surface area contributed by atoms with Gasteiger partial charge in [-0.15, -0.1) is 0 Å². The lowest BCUT2D eigenvalue weighted by Crippen LogP contribution is -2.38. The Bertz CT molecular complexity index is 770. The van der Waals surface area contributed by atoms with E-state index in [0.29, 0.717) is 6.42 Å². The van der Waals surface area contributed by atoms with Gasteiger partial charge in [0.25, 0.3) is 0 Å². The number of esters is 1. The number of halogens is 1. The number of nitrogens with one attached hydrogen (secondary N) is 1. The second kappa shape index (κ2) is 9.60. The molecule has 1 amide bonds. The third-order valence-corrected chi connectivity index (χ3v) is 4.13. The van der Waals surface area contributed by atoms with Crippen LogP contribution in [-0.4, -0.2) is 51.6 Å². The first-order chi connectivity index (χ1) is 13.2. The molecule has 4 atom stereocenters. The largest absolute Gasteiger partial charge is 0.457 e. The number of nitrogens with zero attached hydrogens (tertiary/aromatic N) is 2. The Morgan fingerprint density at radius 1 is 1.43 bits per heavy atom. The van der Waals surface area contributed by atoms with Gasteiger partial charge in [0.2, 0.25) is 0 Å². The minimum atomic E-state index is -1.40. The fourth-order valence-corrected chi connectivity index (χ4v) is 2.77. The zero-order chi connectivity index (χ0) is 20.8. The molecule has 2 heterocycles. The number of anilines is 1. The van der Waals surface area contributed by atoms with Gasteiger partial charge >= 0.3 is 17.8 Å². The monoisotopic (exact) mass is 401 g/mol. The van der Waals surface area contributed by atoms with E-state index in [9.17, 15) is 23.9 Å². The lowest BCUT2D eigenvalue weighted by molar-refractivity contribution is -0.152. The first-order valence-electron chi connectivity index (χ1n) is 8.97. The summed E-state index contributed by atoms with van der Waals surface area (Å²) in [6.45, 7) is 4.86. The van der Waals surface area contributed by atoms with E-state index in [4.69, 9.17) is 14.2 Å². The Kier molecular flexibility index (Phi) is 7.46. The van der Waals surface area contributed by atoms with Crippen molar-refractivity contribution in [2.45, 2.75) is 64.6 Å². The minimum absolute atomic E-state index is 0.163. The summed E-state index contributed by atoms with van der Waals surface area (Å²) in [6.07, 6.45) is -2.14. The van der Waals surface area contributed by atoms with Crippen LogP contribution in [0.2, 0.25) is 0 Å². The second-order valence-electron chi connectivity index (χ2n) is 6.39. The SMILES string of the molecule is CCCCCOC(=O)Nc1nc(=O)n([C@@H]2O[C@H](C)[C@@H](OC(C)=O)[C@H]2O)cc1F. The van der Waals surface area contributed by atoms with E-state index < -0.39 is 53.9 Å². The standard InChI is InChI=1S/C17H24FN3O7/c1-4-5-6-7-26-17(25)20-14-11(18)8-21(16(24)19-14)15-12(23)13(9(2)27-15)28-10(3)22/h8-9,12-13,15,23H,4-7H2,1-3H3,(H,19,20,24,25)/t9-,12-,13-,15-/m1/s1. The number of hydrogen-bond donors (Lipinski definition) is 2. The lowest BCUT2D eigenvalue weighted by atomic mass is 10.1. The highest BCUT2D eigenvalue weighted by Crippen LogP contribution is 2.30. The number of ether oxygens (including phenoxy) is 3. The molecule has 0 saturated carbocycles. The van der Waals surface area contributed by atoms with Crippen molar-refractivity contribution in [1.82, 2.24) is 9.55 Å². The minimum Gasteiger partial charge on any atom is -0.457 e. The molecule has 10 nitrogen and oxygen atoms in total. The van der Waals surface area contributed by atoms with Crippen LogP contribution in [0.1, 0.15) is 46.3 Å². The van der Waals surface area contributed by atoms with Gasteiger partial charge in [-0.3, -0.25) is 14.7 Å². The number of rotatable bonds is 7. The van der Waals surface area contributed by atoms with Crippen molar-refractivity contribution in [3.8, 4) is 0 Å². The molecule has 0 aromatic carbocycles. The van der Waals surface area contributed by atoms with Crippen molar-refractivity contribution >= 4 is 17.9 Å². The summed E-state index contributed by atoms with van der Waals surface area (Å²) < 4.78 is 30.3. The van der Waals surface area contributed by atoms with Gasteiger partial charge in [0, 0.05) is 6.92 Å². The van der Waals surface area contributed by atoms with Crippen LogP contribution in [0, 0.1) is 5.82 Å². The molecular weight excluding hydrogens is 377 g/mol. The second-order valence-corrected chi connectivity index (χ2v) is 6.39. The molecule has 0 spiro atoms. The van der Waals surface area contributed by atoms with Gasteiger partial charge in [-0.05, 0) is 13.3 Å². The van der Waals surface area contributed by atoms with Crippen LogP contribution >= 0.6 is 0 Å². The van der Waals surface area contributed by atoms with Crippen LogP contribution in [0.15, 0.2) is 11.0 Å². The van der Waals surface area contributed by atoms with Gasteiger partial charge < -0.3 is 19.3 Å². The number of hydrogen-bond acceptors (Lipinski definition) is 8. The fourth-order valence-electron chi connectivity index (χ4n) is 2.77. The summed E-state index contributed by atoms with van der Waals surface area (Å²) in [5, 5.41) is 12.4. The molecule has 2 N–H and O–H groups in total. The number of aromatic nitrogens is 2. The summed E-state index contributed by atoms with van der Waals surface area (Å²) in [4.78, 5) is 38.5. The van der Waals surface area contributed by atoms with E-state index in [2.05, 4.69) is 10.3 Å². The van der Waals surface area contributed by atoms with Crippen molar-refractivity contribution in [3.05, 3.63) is 22.5 Å². The zero-order valence-electron chi connectivity index (χ0n) is 15.9. The summed E-state index contributed by atoms with van der Waals surface area (Å²) in [7, 11) is 0. The Hall–Kier alpha value is -2.53. The lowest BCUT2D eigenvalue weighted by Gasteiger charge is -2.19. The molecule has 156 valence electrons. The number of unbranched alkanes of at least 4 members (excludes halogenated alkanes) is 2. The molecule has 1 aromatic heterocycles. The fraction of sp³-hybridized carbons (Fsp3) is 0.647. The van der Waals surface area contributed by atoms with Crippen molar-refractivity contribution in [2.24, 2.45) is 0 Å². The van der Waals surface area contributed by atoms with Crippen molar-refractivity contribution in [1.29, 1.82) is 0 Å². The Morgan fingerprint density at radius 3 is 2.79 bits per heavy atom. The maximum atomic E-state index is 14.3. The van der Waals surface area contributed by atoms with E-state index >= 15 is 0 Å². The van der Waals surface area contributed by atoms with E-state index in [-0.39, 0.29) is 6.61 Å². The van der Waals surface area contributed by atoms with Crippen LogP contribution in [0.5, 0.6) is 0 Å². The number of carbonyl (C=O) groups is 2. The maximum absolute atomic E-state index is 14.3. The summed E-state index contributed by atoms with van der Waals surface area (Å²) in [6, 6.07) is 0. The topological polar surface area (TPSA) is 129 Å². The molecule has 2 rings (SSSR count). The molecule has 0 aliphatic carbocycles. The van der Waals surface area contributed by atoms with Crippen LogP contribution in [0.3, 0.4) is 0 Å². The maximum Gasteiger partial charge on any atom is 0.412 e. The normalized spacial score (nSPS) is 24.0. The highest BCUT2D eigenvalue weighted by atomic mass is 19.1. The highest BCUT2D eigenvalue weighted by molar-refractivity contribution is 5.83. The number of carbonyl (C=O) groups excluding carboxylic acids is 2. The Balaban J connectivity index is 2.10. The van der Waals surface area contributed by atoms with Gasteiger partial charge in [-0.25, -0.2) is 14.0 Å². The van der Waals surface area contributed by atoms with Crippen LogP contribution in [-0.2, 0) is 19.0 Å². The predicted molar refractivity (Wildman–Crippen MR) is 94.1 cm³/mol. The molecule has 0 bridgehead atoms. The first kappa shape index (κ1) is 21.8. The molecule has 1 aliphatic rings. The molecule has 1 saturated heterocycles. The predicted octanol–water partition coefficient (Wildman–Crippen LogP) is 1.33. The molecule has 11 heteroatoms. The summed E-state index contributed by atoms with van der Waals surface area (Å²) in [5.74, 6) is -2.25. The quantitative estimate of drug-likeness (QED) is 0.517. The smallest absolute Gasteiger partial charge is 0.412 e. The Morgan fingerprint density at radius 2 is 2.14 bits per heavy atom. The third kappa shape index (κ3) is 5.26. The average Bonchev–Trinajstić information content (AvgIpc) is 2.89.